The van der Waals surface area contributed by atoms with Gasteiger partial charge in [-0.2, -0.15) is 0 Å². The number of nitrogens with one attached hydrogen (secondary N) is 1. The first-order chi connectivity index (χ1) is 10.4. The zero-order valence-corrected chi connectivity index (χ0v) is 13.1. The fourth-order valence-corrected chi connectivity index (χ4v) is 2.88. The lowest BCUT2D eigenvalue weighted by Crippen LogP contribution is -2.40. The minimum atomic E-state index is -4.73. The second-order valence-corrected chi connectivity index (χ2v) is 5.76. The van der Waals surface area contributed by atoms with Crippen LogP contribution in [0.15, 0.2) is 24.3 Å². The van der Waals surface area contributed by atoms with Gasteiger partial charge in [0.1, 0.15) is 0 Å². The Kier molecular flexibility index (Phi) is 5.50. The first-order valence-corrected chi connectivity index (χ1v) is 7.66. The highest BCUT2D eigenvalue weighted by molar-refractivity contribution is 7.80. The lowest BCUT2D eigenvalue weighted by atomic mass is 9.95. The Labute approximate surface area is 133 Å². The predicted octanol–water partition coefficient (Wildman–Crippen LogP) is 4.55. The number of rotatable bonds is 3. The fourth-order valence-electron chi connectivity index (χ4n) is 2.62. The molecular weight excluding hydrogens is 313 g/mol. The average molecular weight is 332 g/mol. The van der Waals surface area contributed by atoms with Gasteiger partial charge in [-0.3, -0.25) is 0 Å². The molecule has 1 saturated carbocycles. The van der Waals surface area contributed by atoms with Gasteiger partial charge in [-0.05, 0) is 37.2 Å². The van der Waals surface area contributed by atoms with Crippen molar-refractivity contribution in [2.75, 3.05) is 12.4 Å². The van der Waals surface area contributed by atoms with E-state index in [0.29, 0.717) is 11.2 Å². The van der Waals surface area contributed by atoms with Gasteiger partial charge in [0, 0.05) is 13.1 Å². The maximum atomic E-state index is 12.4. The summed E-state index contributed by atoms with van der Waals surface area (Å²) in [5, 5.41) is 3.27. The molecule has 122 valence electrons. The van der Waals surface area contributed by atoms with E-state index in [4.69, 9.17) is 12.2 Å². The summed E-state index contributed by atoms with van der Waals surface area (Å²) in [5.41, 5.74) is 0.215. The number of para-hydroxylation sites is 2. The van der Waals surface area contributed by atoms with Gasteiger partial charge in [-0.25, -0.2) is 0 Å². The Morgan fingerprint density at radius 2 is 1.86 bits per heavy atom. The van der Waals surface area contributed by atoms with Crippen LogP contribution in [0, 0.1) is 0 Å². The SMILES string of the molecule is CN(C(=S)Nc1ccccc1OC(F)(F)F)C1CCCCC1. The van der Waals surface area contributed by atoms with Crippen LogP contribution >= 0.6 is 12.2 Å². The first kappa shape index (κ1) is 16.9. The monoisotopic (exact) mass is 332 g/mol. The first-order valence-electron chi connectivity index (χ1n) is 7.25. The van der Waals surface area contributed by atoms with Crippen LogP contribution in [0.4, 0.5) is 18.9 Å². The van der Waals surface area contributed by atoms with E-state index < -0.39 is 6.36 Å². The lowest BCUT2D eigenvalue weighted by Gasteiger charge is -2.33. The molecule has 0 atom stereocenters. The molecule has 0 heterocycles. The van der Waals surface area contributed by atoms with E-state index in [9.17, 15) is 13.2 Å². The molecule has 2 rings (SSSR count). The third-order valence-corrected chi connectivity index (χ3v) is 4.19. The molecule has 0 saturated heterocycles. The van der Waals surface area contributed by atoms with Crippen molar-refractivity contribution >= 4 is 23.0 Å². The van der Waals surface area contributed by atoms with Crippen molar-refractivity contribution in [1.82, 2.24) is 4.90 Å². The number of halogens is 3. The van der Waals surface area contributed by atoms with Crippen molar-refractivity contribution in [1.29, 1.82) is 0 Å². The van der Waals surface area contributed by atoms with Crippen molar-refractivity contribution in [3.63, 3.8) is 0 Å². The summed E-state index contributed by atoms with van der Waals surface area (Å²) in [6, 6.07) is 6.24. The van der Waals surface area contributed by atoms with Crippen LogP contribution < -0.4 is 10.1 Å². The van der Waals surface area contributed by atoms with Crippen LogP contribution in [0.25, 0.3) is 0 Å². The summed E-state index contributed by atoms with van der Waals surface area (Å²) in [4.78, 5) is 1.93. The molecule has 0 aliphatic heterocycles. The molecule has 1 fully saturated rings. The zero-order chi connectivity index (χ0) is 16.2. The molecule has 0 spiro atoms. The van der Waals surface area contributed by atoms with Gasteiger partial charge in [0.2, 0.25) is 0 Å². The largest absolute Gasteiger partial charge is 0.573 e. The molecule has 1 aromatic carbocycles. The van der Waals surface area contributed by atoms with Crippen LogP contribution in [-0.4, -0.2) is 29.5 Å². The van der Waals surface area contributed by atoms with Crippen LogP contribution in [0.1, 0.15) is 32.1 Å². The number of anilines is 1. The summed E-state index contributed by atoms with van der Waals surface area (Å²) in [6.45, 7) is 0. The van der Waals surface area contributed by atoms with Crippen molar-refractivity contribution in [3.8, 4) is 5.75 Å². The highest BCUT2D eigenvalue weighted by atomic mass is 32.1. The Hall–Kier alpha value is -1.50. The van der Waals surface area contributed by atoms with Gasteiger partial charge in [0.05, 0.1) is 5.69 Å². The second kappa shape index (κ2) is 7.17. The van der Waals surface area contributed by atoms with Gasteiger partial charge >= 0.3 is 6.36 Å². The summed E-state index contributed by atoms with van der Waals surface area (Å²) < 4.78 is 41.3. The molecule has 0 amide bonds. The Morgan fingerprint density at radius 1 is 1.23 bits per heavy atom. The zero-order valence-electron chi connectivity index (χ0n) is 12.3. The summed E-state index contributed by atoms with van der Waals surface area (Å²) in [7, 11) is 1.87. The van der Waals surface area contributed by atoms with E-state index in [0.717, 1.165) is 25.7 Å². The fraction of sp³-hybridized carbons (Fsp3) is 0.533. The minimum absolute atomic E-state index is 0.215. The molecule has 1 N–H and O–H groups in total. The molecule has 3 nitrogen and oxygen atoms in total. The predicted molar refractivity (Wildman–Crippen MR) is 84.0 cm³/mol. The average Bonchev–Trinajstić information content (AvgIpc) is 2.48. The van der Waals surface area contributed by atoms with Gasteiger partial charge in [-0.15, -0.1) is 13.2 Å². The van der Waals surface area contributed by atoms with E-state index in [-0.39, 0.29) is 11.4 Å². The minimum Gasteiger partial charge on any atom is -0.404 e. The number of thiocarbonyl (C=S) groups is 1. The number of ether oxygens (including phenoxy) is 1. The van der Waals surface area contributed by atoms with Crippen LogP contribution in [0.5, 0.6) is 5.75 Å². The van der Waals surface area contributed by atoms with E-state index in [1.807, 2.05) is 11.9 Å². The summed E-state index contributed by atoms with van der Waals surface area (Å²) in [6.07, 6.45) is 0.927. The van der Waals surface area contributed by atoms with Gasteiger partial charge in [0.25, 0.3) is 0 Å². The number of benzene rings is 1. The summed E-state index contributed by atoms with van der Waals surface area (Å²) >= 11 is 5.32. The summed E-state index contributed by atoms with van der Waals surface area (Å²) in [5.74, 6) is -0.283. The van der Waals surface area contributed by atoms with E-state index in [2.05, 4.69) is 10.1 Å². The molecule has 1 aliphatic carbocycles. The van der Waals surface area contributed by atoms with E-state index in [1.165, 1.54) is 24.6 Å². The van der Waals surface area contributed by atoms with Gasteiger partial charge in [-0.1, -0.05) is 31.4 Å². The molecule has 22 heavy (non-hydrogen) atoms. The highest BCUT2D eigenvalue weighted by Gasteiger charge is 2.32. The van der Waals surface area contributed by atoms with Gasteiger partial charge in [0.15, 0.2) is 10.9 Å². The molecule has 0 bridgehead atoms. The molecule has 7 heteroatoms. The highest BCUT2D eigenvalue weighted by Crippen LogP contribution is 2.30. The van der Waals surface area contributed by atoms with Crippen LogP contribution in [-0.2, 0) is 0 Å². The maximum Gasteiger partial charge on any atom is 0.573 e. The van der Waals surface area contributed by atoms with Crippen molar-refractivity contribution in [2.45, 2.75) is 44.5 Å². The van der Waals surface area contributed by atoms with Crippen molar-refractivity contribution in [3.05, 3.63) is 24.3 Å². The quantitative estimate of drug-likeness (QED) is 0.821. The number of hydrogen-bond donors (Lipinski definition) is 1. The molecule has 0 aromatic heterocycles. The molecule has 1 aromatic rings. The van der Waals surface area contributed by atoms with E-state index in [1.54, 1.807) is 6.07 Å². The van der Waals surface area contributed by atoms with Crippen molar-refractivity contribution in [2.24, 2.45) is 0 Å². The molecule has 0 radical (unpaired) electrons. The topological polar surface area (TPSA) is 24.5 Å². The number of alkyl halides is 3. The third-order valence-electron chi connectivity index (χ3n) is 3.80. The van der Waals surface area contributed by atoms with Crippen LogP contribution in [0.3, 0.4) is 0 Å². The number of nitrogens with zero attached hydrogens (tertiary/aromatic N) is 1. The number of hydrogen-bond acceptors (Lipinski definition) is 2. The molecule has 0 unspecified atom stereocenters. The second-order valence-electron chi connectivity index (χ2n) is 5.38. The van der Waals surface area contributed by atoms with Crippen molar-refractivity contribution < 1.29 is 17.9 Å². The smallest absolute Gasteiger partial charge is 0.404 e. The third kappa shape index (κ3) is 4.76. The Bertz CT molecular complexity index is 516. The van der Waals surface area contributed by atoms with Crippen LogP contribution in [0.2, 0.25) is 0 Å². The molecule has 1 aliphatic rings. The normalized spacial score (nSPS) is 16.2. The Morgan fingerprint density at radius 3 is 2.50 bits per heavy atom. The van der Waals surface area contributed by atoms with E-state index >= 15 is 0 Å². The molecular formula is C15H19F3N2OS. The maximum absolute atomic E-state index is 12.4. The standard InChI is InChI=1S/C15H19F3N2OS/c1-20(11-7-3-2-4-8-11)14(22)19-12-9-5-6-10-13(12)21-15(16,17)18/h5-6,9-11H,2-4,7-8H2,1H3,(H,19,22). The lowest BCUT2D eigenvalue weighted by molar-refractivity contribution is -0.274. The van der Waals surface area contributed by atoms with Gasteiger partial charge < -0.3 is 15.0 Å². The Balaban J connectivity index is 2.04.